The van der Waals surface area contributed by atoms with Crippen LogP contribution in [0.25, 0.3) is 0 Å². The number of rotatable bonds is 6. The van der Waals surface area contributed by atoms with Crippen LogP contribution in [0.5, 0.6) is 0 Å². The Morgan fingerprint density at radius 1 is 1.03 bits per heavy atom. The minimum absolute atomic E-state index is 0.165. The molecule has 0 aliphatic rings. The number of nitrogens with zero attached hydrogens (tertiary/aromatic N) is 1. The summed E-state index contributed by atoms with van der Waals surface area (Å²) in [5.74, 6) is -0.326. The Bertz CT molecular complexity index is 1250. The van der Waals surface area contributed by atoms with Crippen molar-refractivity contribution >= 4 is 45.0 Å². The van der Waals surface area contributed by atoms with Crippen molar-refractivity contribution in [3.8, 4) is 0 Å². The van der Waals surface area contributed by atoms with Crippen molar-refractivity contribution in [3.05, 3.63) is 77.1 Å². The first kappa shape index (κ1) is 23.9. The van der Waals surface area contributed by atoms with Gasteiger partial charge in [0.2, 0.25) is 0 Å². The molecule has 1 aromatic heterocycles. The Balaban J connectivity index is 1.77. The molecule has 6 nitrogen and oxygen atoms in total. The van der Waals surface area contributed by atoms with Crippen LogP contribution in [0.1, 0.15) is 16.1 Å². The number of nitrogens with one attached hydrogen (secondary N) is 2. The lowest BCUT2D eigenvalue weighted by Crippen LogP contribution is -2.18. The molecule has 3 aromatic rings. The van der Waals surface area contributed by atoms with Crippen molar-refractivity contribution in [2.24, 2.45) is 0 Å². The quantitative estimate of drug-likeness (QED) is 0.492. The van der Waals surface area contributed by atoms with Gasteiger partial charge in [-0.05, 0) is 54.6 Å². The molecule has 1 amide bonds. The fourth-order valence-corrected chi connectivity index (χ4v) is 4.71. The molecule has 0 radical (unpaired) electrons. The van der Waals surface area contributed by atoms with E-state index in [0.717, 1.165) is 21.9 Å². The molecule has 0 saturated carbocycles. The van der Waals surface area contributed by atoms with E-state index in [9.17, 15) is 26.4 Å². The van der Waals surface area contributed by atoms with Gasteiger partial charge in [-0.25, -0.2) is 8.42 Å². The van der Waals surface area contributed by atoms with E-state index in [1.54, 1.807) is 24.3 Å². The van der Waals surface area contributed by atoms with Crippen LogP contribution in [0.15, 0.2) is 75.5 Å². The summed E-state index contributed by atoms with van der Waals surface area (Å²) in [7, 11) is -2.77. The van der Waals surface area contributed by atoms with Gasteiger partial charge in [-0.3, -0.25) is 14.5 Å². The molecule has 1 heterocycles. The number of benzene rings is 2. The highest BCUT2D eigenvalue weighted by Gasteiger charge is 2.34. The topological polar surface area (TPSA) is 88.2 Å². The maximum absolute atomic E-state index is 13.0. The number of pyridine rings is 1. The van der Waals surface area contributed by atoms with Crippen molar-refractivity contribution < 1.29 is 26.4 Å². The van der Waals surface area contributed by atoms with Crippen LogP contribution in [0.2, 0.25) is 5.02 Å². The van der Waals surface area contributed by atoms with E-state index in [1.807, 2.05) is 0 Å². The number of hydrogen-bond donors (Lipinski definition) is 2. The highest BCUT2D eigenvalue weighted by atomic mass is 35.5. The van der Waals surface area contributed by atoms with Gasteiger partial charge in [0, 0.05) is 28.7 Å². The lowest BCUT2D eigenvalue weighted by Gasteiger charge is -2.13. The first-order valence-corrected chi connectivity index (χ1v) is 11.5. The predicted octanol–water partition coefficient (Wildman–Crippen LogP) is 5.07. The Kier molecular flexibility index (Phi) is 7.01. The molecular formula is C20H15ClF3N3O3S2. The smallest absolute Gasteiger partial charge is 0.354 e. The second-order valence-electron chi connectivity index (χ2n) is 6.33. The molecule has 32 heavy (non-hydrogen) atoms. The van der Waals surface area contributed by atoms with Gasteiger partial charge in [-0.1, -0.05) is 23.4 Å². The van der Waals surface area contributed by atoms with E-state index in [2.05, 4.69) is 15.0 Å². The summed E-state index contributed by atoms with van der Waals surface area (Å²) in [4.78, 5) is 16.6. The summed E-state index contributed by atoms with van der Waals surface area (Å²) in [6, 6.07) is 11.9. The molecule has 0 atom stereocenters. The molecule has 0 aliphatic carbocycles. The fraction of sp³-hybridized carbons (Fsp3) is 0.100. The first-order valence-electron chi connectivity index (χ1n) is 8.85. The van der Waals surface area contributed by atoms with Crippen molar-refractivity contribution in [1.82, 2.24) is 10.3 Å². The Morgan fingerprint density at radius 2 is 1.72 bits per heavy atom. The van der Waals surface area contributed by atoms with E-state index in [4.69, 9.17) is 11.6 Å². The number of carbonyl (C=O) groups is 1. The molecule has 0 spiro atoms. The third-order valence-corrected chi connectivity index (χ3v) is 6.79. The largest absolute Gasteiger partial charge is 0.417 e. The second kappa shape index (κ2) is 9.39. The first-order chi connectivity index (χ1) is 15.0. The van der Waals surface area contributed by atoms with Gasteiger partial charge >= 0.3 is 6.18 Å². The lowest BCUT2D eigenvalue weighted by atomic mass is 10.2. The average Bonchev–Trinajstić information content (AvgIpc) is 2.74. The third-order valence-electron chi connectivity index (χ3n) is 4.09. The zero-order chi connectivity index (χ0) is 23.5. The number of hydrogen-bond acceptors (Lipinski definition) is 5. The van der Waals surface area contributed by atoms with E-state index in [0.29, 0.717) is 6.07 Å². The molecule has 2 aromatic carbocycles. The predicted molar refractivity (Wildman–Crippen MR) is 115 cm³/mol. The summed E-state index contributed by atoms with van der Waals surface area (Å²) in [6.45, 7) is 0. The molecule has 0 aliphatic heterocycles. The van der Waals surface area contributed by atoms with E-state index in [-0.39, 0.29) is 17.3 Å². The van der Waals surface area contributed by atoms with Gasteiger partial charge in [0.15, 0.2) is 0 Å². The standard InChI is InChI=1S/C20H15ClF3N3O3S2/c1-25-19(28)18-10-14(8-9-26-18)31-13-4-2-12(3-5-13)27-32(29,30)15-6-7-17(21)16(11-15)20(22,23)24/h2-11,27H,1H3,(H,25,28). The van der Waals surface area contributed by atoms with Crippen LogP contribution in [0.4, 0.5) is 18.9 Å². The molecular weight excluding hydrogens is 487 g/mol. The van der Waals surface area contributed by atoms with Crippen LogP contribution in [0.3, 0.4) is 0 Å². The summed E-state index contributed by atoms with van der Waals surface area (Å²) in [5.41, 5.74) is -0.816. The third kappa shape index (κ3) is 5.72. The van der Waals surface area contributed by atoms with Gasteiger partial charge in [-0.15, -0.1) is 0 Å². The van der Waals surface area contributed by atoms with E-state index >= 15 is 0 Å². The maximum Gasteiger partial charge on any atom is 0.417 e. The molecule has 0 fully saturated rings. The van der Waals surface area contributed by atoms with Crippen molar-refractivity contribution in [2.75, 3.05) is 11.8 Å². The highest BCUT2D eigenvalue weighted by molar-refractivity contribution is 7.99. The maximum atomic E-state index is 13.0. The Morgan fingerprint density at radius 3 is 2.34 bits per heavy atom. The number of sulfonamides is 1. The minimum atomic E-state index is -4.79. The number of carbonyl (C=O) groups excluding carboxylic acids is 1. The number of amides is 1. The van der Waals surface area contributed by atoms with Crippen molar-refractivity contribution in [2.45, 2.75) is 20.9 Å². The fourth-order valence-electron chi connectivity index (χ4n) is 2.56. The van der Waals surface area contributed by atoms with Crippen LogP contribution in [-0.2, 0) is 16.2 Å². The van der Waals surface area contributed by atoms with Gasteiger partial charge in [0.25, 0.3) is 15.9 Å². The van der Waals surface area contributed by atoms with Crippen molar-refractivity contribution in [1.29, 1.82) is 0 Å². The zero-order valence-corrected chi connectivity index (χ0v) is 18.7. The average molecular weight is 502 g/mol. The number of halogens is 4. The Hall–Kier alpha value is -2.76. The van der Waals surface area contributed by atoms with Crippen molar-refractivity contribution in [3.63, 3.8) is 0 Å². The minimum Gasteiger partial charge on any atom is -0.354 e. The van der Waals surface area contributed by atoms with Gasteiger partial charge in [-0.2, -0.15) is 13.2 Å². The summed E-state index contributed by atoms with van der Waals surface area (Å²) < 4.78 is 66.4. The van der Waals surface area contributed by atoms with E-state index in [1.165, 1.54) is 37.1 Å². The highest BCUT2D eigenvalue weighted by Crippen LogP contribution is 2.36. The molecule has 2 N–H and O–H groups in total. The second-order valence-corrected chi connectivity index (χ2v) is 9.56. The normalized spacial score (nSPS) is 11.8. The van der Waals surface area contributed by atoms with Gasteiger partial charge < -0.3 is 5.32 Å². The summed E-state index contributed by atoms with van der Waals surface area (Å²) in [6.07, 6.45) is -3.29. The van der Waals surface area contributed by atoms with Crippen LogP contribution in [-0.4, -0.2) is 26.4 Å². The molecule has 12 heteroatoms. The van der Waals surface area contributed by atoms with Crippen LogP contribution >= 0.6 is 23.4 Å². The van der Waals surface area contributed by atoms with Crippen LogP contribution in [0, 0.1) is 0 Å². The monoisotopic (exact) mass is 501 g/mol. The zero-order valence-electron chi connectivity index (χ0n) is 16.3. The molecule has 168 valence electrons. The van der Waals surface area contributed by atoms with Gasteiger partial charge in [0.05, 0.1) is 15.5 Å². The molecule has 0 bridgehead atoms. The number of aromatic nitrogens is 1. The number of anilines is 1. The van der Waals surface area contributed by atoms with E-state index < -0.39 is 31.7 Å². The summed E-state index contributed by atoms with van der Waals surface area (Å²) in [5, 5.41) is 1.89. The Labute approximate surface area is 191 Å². The number of alkyl halides is 3. The lowest BCUT2D eigenvalue weighted by molar-refractivity contribution is -0.137. The SMILES string of the molecule is CNC(=O)c1cc(Sc2ccc(NS(=O)(=O)c3ccc(Cl)c(C(F)(F)F)c3)cc2)ccn1. The molecule has 3 rings (SSSR count). The van der Waals surface area contributed by atoms with Crippen LogP contribution < -0.4 is 10.0 Å². The molecule has 0 unspecified atom stereocenters. The van der Waals surface area contributed by atoms with Gasteiger partial charge in [0.1, 0.15) is 5.69 Å². The molecule has 0 saturated heterocycles. The summed E-state index contributed by atoms with van der Waals surface area (Å²) >= 11 is 6.87.